The zero-order chi connectivity index (χ0) is 22.8. The summed E-state index contributed by atoms with van der Waals surface area (Å²) in [6, 6.07) is 17.2. The molecular formula is C23H17Cl2FN4O2. The van der Waals surface area contributed by atoms with E-state index in [-0.39, 0.29) is 27.0 Å². The van der Waals surface area contributed by atoms with Gasteiger partial charge in [0.05, 0.1) is 27.1 Å². The number of anilines is 2. The van der Waals surface area contributed by atoms with E-state index in [9.17, 15) is 14.0 Å². The van der Waals surface area contributed by atoms with Crippen LogP contribution in [-0.4, -0.2) is 30.9 Å². The van der Waals surface area contributed by atoms with Crippen molar-refractivity contribution in [1.29, 1.82) is 0 Å². The molecule has 1 aliphatic rings. The molecule has 1 aliphatic heterocycles. The second-order valence-electron chi connectivity index (χ2n) is 6.97. The summed E-state index contributed by atoms with van der Waals surface area (Å²) in [6.45, 7) is 0. The van der Waals surface area contributed by atoms with Crippen LogP contribution in [0.2, 0.25) is 10.0 Å². The maximum Gasteiger partial charge on any atom is 0.321 e. The molecule has 162 valence electrons. The van der Waals surface area contributed by atoms with Crippen molar-refractivity contribution in [2.75, 3.05) is 17.3 Å². The normalized spacial score (nSPS) is 15.5. The number of aliphatic imine (C=N–C) groups is 1. The van der Waals surface area contributed by atoms with E-state index in [4.69, 9.17) is 23.2 Å². The van der Waals surface area contributed by atoms with Gasteiger partial charge in [0.1, 0.15) is 5.82 Å². The summed E-state index contributed by atoms with van der Waals surface area (Å²) in [6.07, 6.45) is -1.32. The van der Waals surface area contributed by atoms with Gasteiger partial charge in [0.15, 0.2) is 0 Å². The van der Waals surface area contributed by atoms with Crippen molar-refractivity contribution < 1.29 is 14.0 Å². The molecule has 0 bridgehead atoms. The molecule has 2 N–H and O–H groups in total. The first-order chi connectivity index (χ1) is 15.4. The number of rotatable bonds is 3. The second-order valence-corrected chi connectivity index (χ2v) is 7.78. The monoisotopic (exact) mass is 470 g/mol. The first kappa shape index (κ1) is 21.8. The molecule has 0 saturated carbocycles. The van der Waals surface area contributed by atoms with Gasteiger partial charge in [-0.2, -0.15) is 0 Å². The van der Waals surface area contributed by atoms with Crippen LogP contribution in [0.3, 0.4) is 0 Å². The molecule has 0 radical (unpaired) electrons. The Kier molecular flexibility index (Phi) is 6.12. The highest BCUT2D eigenvalue weighted by molar-refractivity contribution is 6.39. The Morgan fingerprint density at radius 1 is 0.969 bits per heavy atom. The van der Waals surface area contributed by atoms with Gasteiger partial charge in [0, 0.05) is 18.2 Å². The van der Waals surface area contributed by atoms with Crippen LogP contribution in [0.5, 0.6) is 0 Å². The number of nitrogens with one attached hydrogen (secondary N) is 2. The number of nitrogens with zero attached hydrogens (tertiary/aromatic N) is 2. The predicted octanol–water partition coefficient (Wildman–Crippen LogP) is 5.09. The van der Waals surface area contributed by atoms with Crippen LogP contribution < -0.4 is 15.5 Å². The summed E-state index contributed by atoms with van der Waals surface area (Å²) in [7, 11) is 1.57. The molecule has 0 saturated heterocycles. The fourth-order valence-corrected chi connectivity index (χ4v) is 3.87. The van der Waals surface area contributed by atoms with Gasteiger partial charge in [-0.3, -0.25) is 4.79 Å². The van der Waals surface area contributed by atoms with E-state index in [1.807, 2.05) is 0 Å². The number of halogens is 3. The number of benzene rings is 3. The van der Waals surface area contributed by atoms with Crippen LogP contribution >= 0.6 is 23.2 Å². The highest BCUT2D eigenvalue weighted by Crippen LogP contribution is 2.30. The third kappa shape index (κ3) is 4.17. The molecule has 3 aromatic carbocycles. The van der Waals surface area contributed by atoms with Crippen molar-refractivity contribution in [2.45, 2.75) is 6.17 Å². The van der Waals surface area contributed by atoms with E-state index in [2.05, 4.69) is 15.6 Å². The Labute approximate surface area is 193 Å². The lowest BCUT2D eigenvalue weighted by Gasteiger charge is -2.21. The van der Waals surface area contributed by atoms with Gasteiger partial charge < -0.3 is 15.5 Å². The summed E-state index contributed by atoms with van der Waals surface area (Å²) in [5.74, 6) is -0.992. The summed E-state index contributed by atoms with van der Waals surface area (Å²) in [5, 5.41) is 5.54. The van der Waals surface area contributed by atoms with Gasteiger partial charge >= 0.3 is 6.03 Å². The summed E-state index contributed by atoms with van der Waals surface area (Å²) in [4.78, 5) is 31.6. The molecule has 3 aromatic rings. The molecule has 0 spiro atoms. The fraction of sp³-hybridized carbons (Fsp3) is 0.0870. The lowest BCUT2D eigenvalue weighted by atomic mass is 10.00. The first-order valence-corrected chi connectivity index (χ1v) is 10.3. The number of urea groups is 1. The zero-order valence-corrected chi connectivity index (χ0v) is 18.3. The van der Waals surface area contributed by atoms with E-state index in [0.717, 1.165) is 0 Å². The minimum Gasteiger partial charge on any atom is -0.311 e. The van der Waals surface area contributed by atoms with Gasteiger partial charge in [0.2, 0.25) is 6.17 Å². The molecule has 6 nitrogen and oxygen atoms in total. The number of fused-ring (bicyclic) bond motifs is 1. The number of hydrogen-bond acceptors (Lipinski definition) is 3. The molecule has 9 heteroatoms. The van der Waals surface area contributed by atoms with Crippen LogP contribution in [0.1, 0.15) is 11.1 Å². The first-order valence-electron chi connectivity index (χ1n) is 9.58. The topological polar surface area (TPSA) is 73.8 Å². The lowest BCUT2D eigenvalue weighted by molar-refractivity contribution is -0.119. The maximum absolute atomic E-state index is 14.7. The van der Waals surface area contributed by atoms with Crippen molar-refractivity contribution in [3.63, 3.8) is 0 Å². The Morgan fingerprint density at radius 3 is 2.28 bits per heavy atom. The van der Waals surface area contributed by atoms with Crippen LogP contribution in [0, 0.1) is 5.82 Å². The predicted molar refractivity (Wildman–Crippen MR) is 124 cm³/mol. The lowest BCUT2D eigenvalue weighted by Crippen LogP contribution is -2.47. The molecule has 0 aliphatic carbocycles. The number of para-hydroxylation sites is 2. The largest absolute Gasteiger partial charge is 0.321 e. The van der Waals surface area contributed by atoms with E-state index in [0.29, 0.717) is 11.3 Å². The van der Waals surface area contributed by atoms with Crippen molar-refractivity contribution >= 4 is 52.2 Å². The van der Waals surface area contributed by atoms with Gasteiger partial charge in [-0.05, 0) is 30.3 Å². The molecular weight excluding hydrogens is 454 g/mol. The van der Waals surface area contributed by atoms with Gasteiger partial charge in [-0.1, -0.05) is 59.6 Å². The molecule has 0 fully saturated rings. The fourth-order valence-electron chi connectivity index (χ4n) is 3.38. The van der Waals surface area contributed by atoms with E-state index in [1.54, 1.807) is 67.7 Å². The van der Waals surface area contributed by atoms with Crippen molar-refractivity contribution in [3.05, 3.63) is 93.7 Å². The molecule has 4 rings (SSSR count). The standard InChI is InChI=1S/C23H17Cl2FN4O2/c1-30-18-12-5-3-8-14(18)19(13-7-2-4-11-17(13)26)27-21(22(30)31)29-23(32)28-20-15(24)9-6-10-16(20)25/h2-12,21H,1H3,(H2,28,29,32). The van der Waals surface area contributed by atoms with Gasteiger partial charge in [-0.25, -0.2) is 14.2 Å². The summed E-state index contributed by atoms with van der Waals surface area (Å²) in [5.41, 5.74) is 1.76. The Hall–Kier alpha value is -3.42. The quantitative estimate of drug-likeness (QED) is 0.558. The molecule has 1 heterocycles. The van der Waals surface area contributed by atoms with Crippen LogP contribution in [0.4, 0.5) is 20.6 Å². The van der Waals surface area contributed by atoms with Crippen LogP contribution in [0.25, 0.3) is 0 Å². The van der Waals surface area contributed by atoms with Crippen molar-refractivity contribution in [2.24, 2.45) is 4.99 Å². The van der Waals surface area contributed by atoms with Gasteiger partial charge in [-0.15, -0.1) is 0 Å². The average molecular weight is 471 g/mol. The number of hydrogen-bond donors (Lipinski definition) is 2. The third-order valence-corrected chi connectivity index (χ3v) is 5.57. The van der Waals surface area contributed by atoms with Crippen LogP contribution in [0.15, 0.2) is 71.7 Å². The number of amides is 3. The highest BCUT2D eigenvalue weighted by Gasteiger charge is 2.31. The number of benzodiazepines with no additional fused rings is 1. The summed E-state index contributed by atoms with van der Waals surface area (Å²) < 4.78 is 14.7. The van der Waals surface area contributed by atoms with Crippen LogP contribution in [-0.2, 0) is 4.79 Å². The molecule has 32 heavy (non-hydrogen) atoms. The maximum atomic E-state index is 14.7. The average Bonchev–Trinajstić information content (AvgIpc) is 2.88. The molecule has 1 unspecified atom stereocenters. The zero-order valence-electron chi connectivity index (χ0n) is 16.8. The second kappa shape index (κ2) is 8.98. The SMILES string of the molecule is CN1C(=O)C(NC(=O)Nc2c(Cl)cccc2Cl)N=C(c2ccccc2F)c2ccccc21. The van der Waals surface area contributed by atoms with Gasteiger partial charge in [0.25, 0.3) is 5.91 Å². The molecule has 0 aromatic heterocycles. The summed E-state index contributed by atoms with van der Waals surface area (Å²) >= 11 is 12.2. The van der Waals surface area contributed by atoms with Crippen molar-refractivity contribution in [1.82, 2.24) is 5.32 Å². The van der Waals surface area contributed by atoms with Crippen molar-refractivity contribution in [3.8, 4) is 0 Å². The minimum atomic E-state index is -1.32. The Bertz CT molecular complexity index is 1230. The van der Waals surface area contributed by atoms with E-state index >= 15 is 0 Å². The molecule has 1 atom stereocenters. The number of carbonyl (C=O) groups is 2. The number of carbonyl (C=O) groups excluding carboxylic acids is 2. The third-order valence-electron chi connectivity index (χ3n) is 4.94. The Balaban J connectivity index is 1.73. The molecule has 3 amide bonds. The highest BCUT2D eigenvalue weighted by atomic mass is 35.5. The van der Waals surface area contributed by atoms with E-state index in [1.165, 1.54) is 11.0 Å². The smallest absolute Gasteiger partial charge is 0.311 e. The van der Waals surface area contributed by atoms with E-state index < -0.39 is 23.9 Å². The Morgan fingerprint density at radius 2 is 1.59 bits per heavy atom. The minimum absolute atomic E-state index is 0.198. The number of likely N-dealkylation sites (N-methyl/N-ethyl adjacent to an activating group) is 1.